The summed E-state index contributed by atoms with van der Waals surface area (Å²) in [6.45, 7) is 0. The molecule has 0 amide bonds. The predicted molar refractivity (Wildman–Crippen MR) is 56.9 cm³/mol. The molecule has 0 aromatic carbocycles. The van der Waals surface area contributed by atoms with Crippen molar-refractivity contribution in [3.63, 3.8) is 0 Å². The highest BCUT2D eigenvalue weighted by Gasteiger charge is 2.51. The van der Waals surface area contributed by atoms with Gasteiger partial charge < -0.3 is 15.6 Å². The summed E-state index contributed by atoms with van der Waals surface area (Å²) in [5.74, 6) is 1.70. The number of rotatable bonds is 3. The van der Waals surface area contributed by atoms with Gasteiger partial charge in [-0.2, -0.15) is 0 Å². The number of carbonyl (C=O) groups excluding carboxylic acids is 1. The lowest BCUT2D eigenvalue weighted by Gasteiger charge is -2.57. The van der Waals surface area contributed by atoms with Crippen LogP contribution in [0.4, 0.5) is 0 Å². The number of carboxylic acids is 1. The first-order chi connectivity index (χ1) is 7.56. The van der Waals surface area contributed by atoms with Crippen LogP contribution in [0.3, 0.4) is 0 Å². The van der Waals surface area contributed by atoms with Crippen LogP contribution in [0.15, 0.2) is 0 Å². The summed E-state index contributed by atoms with van der Waals surface area (Å²) in [5, 5.41) is 10.8. The molecule has 0 radical (unpaired) electrons. The lowest BCUT2D eigenvalue weighted by molar-refractivity contribution is -0.443. The Morgan fingerprint density at radius 3 is 2.00 bits per heavy atom. The highest BCUT2D eigenvalue weighted by atomic mass is 16.4. The van der Waals surface area contributed by atoms with E-state index in [4.69, 9.17) is 0 Å². The van der Waals surface area contributed by atoms with Gasteiger partial charge in [0.15, 0.2) is 0 Å². The Balaban J connectivity index is 1.76. The van der Waals surface area contributed by atoms with Gasteiger partial charge in [0, 0.05) is 6.42 Å². The molecule has 3 heteroatoms. The zero-order valence-corrected chi connectivity index (χ0v) is 9.78. The number of carbonyl (C=O) groups is 1. The predicted octanol–water partition coefficient (Wildman–Crippen LogP) is -0.0467. The van der Waals surface area contributed by atoms with Crippen LogP contribution in [0.25, 0.3) is 0 Å². The van der Waals surface area contributed by atoms with Crippen molar-refractivity contribution in [2.75, 3.05) is 0 Å². The summed E-state index contributed by atoms with van der Waals surface area (Å²) in [5.41, 5.74) is 4.07. The number of hydrogen-bond donors (Lipinski definition) is 1. The van der Waals surface area contributed by atoms with Crippen LogP contribution < -0.4 is 10.8 Å². The number of quaternary nitrogens is 1. The molecular formula is C13H21NO2. The van der Waals surface area contributed by atoms with E-state index in [9.17, 15) is 9.90 Å². The molecule has 4 fully saturated rings. The SMILES string of the molecule is [NH3+][C@H](CC12CC3CC(CC(C3)C1)C2)C(=O)[O-]. The van der Waals surface area contributed by atoms with Gasteiger partial charge in [0.2, 0.25) is 0 Å². The molecular weight excluding hydrogens is 202 g/mol. The maximum Gasteiger partial charge on any atom is 0.125 e. The molecule has 0 saturated heterocycles. The molecule has 0 aromatic heterocycles. The second kappa shape index (κ2) is 3.46. The Bertz CT molecular complexity index is 278. The Kier molecular flexibility index (Phi) is 2.29. The zero-order valence-electron chi connectivity index (χ0n) is 9.78. The van der Waals surface area contributed by atoms with Gasteiger partial charge in [-0.1, -0.05) is 0 Å². The zero-order chi connectivity index (χ0) is 11.3. The van der Waals surface area contributed by atoms with Crippen molar-refractivity contribution in [3.8, 4) is 0 Å². The number of carboxylic acid groups (broad SMARTS) is 1. The van der Waals surface area contributed by atoms with Crippen molar-refractivity contribution in [1.82, 2.24) is 0 Å². The molecule has 1 atom stereocenters. The summed E-state index contributed by atoms with van der Waals surface area (Å²) >= 11 is 0. The van der Waals surface area contributed by atoms with Crippen molar-refractivity contribution < 1.29 is 15.6 Å². The fraction of sp³-hybridized carbons (Fsp3) is 0.923. The maximum absolute atomic E-state index is 10.8. The Morgan fingerprint density at radius 2 is 1.62 bits per heavy atom. The standard InChI is InChI=1S/C13H21NO2/c14-11(12(15)16)7-13-4-8-1-9(5-13)3-10(2-8)6-13/h8-11H,1-7,14H2,(H,15,16)/t8?,9?,10?,11-,13?/m1/s1. The fourth-order valence-electron chi connectivity index (χ4n) is 5.15. The van der Waals surface area contributed by atoms with E-state index in [1.54, 1.807) is 0 Å². The Hall–Kier alpha value is -0.570. The topological polar surface area (TPSA) is 67.8 Å². The third-order valence-corrected chi connectivity index (χ3v) is 5.18. The second-order valence-electron chi connectivity index (χ2n) is 6.64. The molecule has 3 nitrogen and oxygen atoms in total. The van der Waals surface area contributed by atoms with Gasteiger partial charge in [0.25, 0.3) is 0 Å². The van der Waals surface area contributed by atoms with Crippen LogP contribution in [0.2, 0.25) is 0 Å². The van der Waals surface area contributed by atoms with Gasteiger partial charge in [-0.15, -0.1) is 0 Å². The monoisotopic (exact) mass is 223 g/mol. The first-order valence-corrected chi connectivity index (χ1v) is 6.60. The molecule has 16 heavy (non-hydrogen) atoms. The third kappa shape index (κ3) is 1.65. The van der Waals surface area contributed by atoms with Crippen molar-refractivity contribution in [2.24, 2.45) is 23.2 Å². The second-order valence-corrected chi connectivity index (χ2v) is 6.64. The number of aliphatic carboxylic acids is 1. The van der Waals surface area contributed by atoms with Crippen LogP contribution in [-0.2, 0) is 4.79 Å². The van der Waals surface area contributed by atoms with Crippen LogP contribution in [0.5, 0.6) is 0 Å². The molecule has 3 N–H and O–H groups in total. The van der Waals surface area contributed by atoms with Crippen molar-refractivity contribution >= 4 is 5.97 Å². The molecule has 4 aliphatic rings. The molecule has 4 rings (SSSR count). The van der Waals surface area contributed by atoms with E-state index in [1.165, 1.54) is 38.5 Å². The van der Waals surface area contributed by atoms with Gasteiger partial charge in [-0.3, -0.25) is 0 Å². The van der Waals surface area contributed by atoms with E-state index >= 15 is 0 Å². The normalized spacial score (nSPS) is 46.9. The van der Waals surface area contributed by atoms with Crippen molar-refractivity contribution in [1.29, 1.82) is 0 Å². The average Bonchev–Trinajstić information content (AvgIpc) is 2.13. The van der Waals surface area contributed by atoms with Gasteiger partial charge in [0.05, 0.1) is 5.97 Å². The molecule has 0 heterocycles. The molecule has 90 valence electrons. The average molecular weight is 223 g/mol. The van der Waals surface area contributed by atoms with Gasteiger partial charge >= 0.3 is 0 Å². The van der Waals surface area contributed by atoms with Gasteiger partial charge in [0.1, 0.15) is 6.04 Å². The molecule has 4 saturated carbocycles. The van der Waals surface area contributed by atoms with Crippen molar-refractivity contribution in [3.05, 3.63) is 0 Å². The first kappa shape index (κ1) is 10.6. The van der Waals surface area contributed by atoms with E-state index in [0.29, 0.717) is 5.41 Å². The first-order valence-electron chi connectivity index (χ1n) is 6.60. The summed E-state index contributed by atoms with van der Waals surface area (Å²) in [4.78, 5) is 10.8. The van der Waals surface area contributed by atoms with E-state index in [-0.39, 0.29) is 0 Å². The van der Waals surface area contributed by atoms with E-state index in [0.717, 1.165) is 24.2 Å². The number of hydrogen-bond acceptors (Lipinski definition) is 2. The van der Waals surface area contributed by atoms with E-state index in [2.05, 4.69) is 5.73 Å². The minimum absolute atomic E-state index is 0.321. The fourth-order valence-corrected chi connectivity index (χ4v) is 5.15. The highest BCUT2D eigenvalue weighted by Crippen LogP contribution is 2.61. The summed E-state index contributed by atoms with van der Waals surface area (Å²) in [6, 6.07) is -0.503. The summed E-state index contributed by atoms with van der Waals surface area (Å²) in [6.07, 6.45) is 8.78. The maximum atomic E-state index is 10.8. The van der Waals surface area contributed by atoms with Crippen LogP contribution >= 0.6 is 0 Å². The Morgan fingerprint density at radius 1 is 1.19 bits per heavy atom. The van der Waals surface area contributed by atoms with E-state index < -0.39 is 12.0 Å². The molecule has 0 spiro atoms. The van der Waals surface area contributed by atoms with Gasteiger partial charge in [-0.05, 0) is 61.7 Å². The smallest absolute Gasteiger partial charge is 0.125 e. The largest absolute Gasteiger partial charge is 0.544 e. The van der Waals surface area contributed by atoms with E-state index in [1.807, 2.05) is 0 Å². The molecule has 0 aromatic rings. The summed E-state index contributed by atoms with van der Waals surface area (Å²) < 4.78 is 0. The molecule has 4 bridgehead atoms. The molecule has 0 aliphatic heterocycles. The lowest BCUT2D eigenvalue weighted by Crippen LogP contribution is -2.70. The quantitative estimate of drug-likeness (QED) is 0.729. The molecule has 4 aliphatic carbocycles. The van der Waals surface area contributed by atoms with Crippen LogP contribution in [0.1, 0.15) is 44.9 Å². The van der Waals surface area contributed by atoms with Crippen molar-refractivity contribution in [2.45, 2.75) is 51.0 Å². The highest BCUT2D eigenvalue weighted by molar-refractivity contribution is 5.69. The molecule has 0 unspecified atom stereocenters. The lowest BCUT2D eigenvalue weighted by atomic mass is 9.48. The minimum atomic E-state index is -0.962. The minimum Gasteiger partial charge on any atom is -0.544 e. The van der Waals surface area contributed by atoms with Crippen LogP contribution in [0, 0.1) is 23.2 Å². The van der Waals surface area contributed by atoms with Gasteiger partial charge in [-0.25, -0.2) is 0 Å². The summed E-state index contributed by atoms with van der Waals surface area (Å²) in [7, 11) is 0. The Labute approximate surface area is 96.4 Å². The third-order valence-electron chi connectivity index (χ3n) is 5.18. The van der Waals surface area contributed by atoms with Crippen LogP contribution in [-0.4, -0.2) is 12.0 Å².